The lowest BCUT2D eigenvalue weighted by Crippen LogP contribution is -2.37. The van der Waals surface area contributed by atoms with E-state index < -0.39 is 31.1 Å². The molecule has 334 valence electrons. The van der Waals surface area contributed by atoms with Gasteiger partial charge in [0.25, 0.3) is 0 Å². The zero-order valence-electron chi connectivity index (χ0n) is 38.0. The molecular formula is C48H64N5O7S2+. The summed E-state index contributed by atoms with van der Waals surface area (Å²) in [5.74, 6) is 1.36. The lowest BCUT2D eigenvalue weighted by atomic mass is 9.81. The minimum absolute atomic E-state index is 0.240. The van der Waals surface area contributed by atoms with E-state index in [1.54, 1.807) is 24.3 Å². The third-order valence-corrected chi connectivity index (χ3v) is 13.8. The average Bonchev–Trinajstić information content (AvgIpc) is 3.50. The molecule has 0 spiro atoms. The van der Waals surface area contributed by atoms with Crippen LogP contribution >= 0.6 is 0 Å². The first-order valence-electron chi connectivity index (χ1n) is 21.3. The molecule has 0 unspecified atom stereocenters. The van der Waals surface area contributed by atoms with Crippen LogP contribution in [-0.2, 0) is 31.1 Å². The third-order valence-electron chi connectivity index (χ3n) is 12.2. The molecule has 2 aliphatic heterocycles. The van der Waals surface area contributed by atoms with Gasteiger partial charge in [0.2, 0.25) is 5.69 Å². The summed E-state index contributed by atoms with van der Waals surface area (Å²) in [5, 5.41) is 0. The highest BCUT2D eigenvalue weighted by Gasteiger charge is 2.45. The molecule has 1 aliphatic carbocycles. The number of hydrogen-bond donors (Lipinski definition) is 1. The summed E-state index contributed by atoms with van der Waals surface area (Å²) >= 11 is 0. The van der Waals surface area contributed by atoms with Gasteiger partial charge in [-0.25, -0.2) is 16.8 Å². The summed E-state index contributed by atoms with van der Waals surface area (Å²) in [7, 11) is 3.63. The quantitative estimate of drug-likeness (QED) is 0.0715. The lowest BCUT2D eigenvalue weighted by Gasteiger charge is -2.29. The number of rotatable bonds is 15. The first kappa shape index (κ1) is 46.9. The van der Waals surface area contributed by atoms with Crippen molar-refractivity contribution in [3.63, 3.8) is 0 Å². The molecule has 6 rings (SSSR count). The van der Waals surface area contributed by atoms with Crippen molar-refractivity contribution in [3.05, 3.63) is 119 Å². The van der Waals surface area contributed by atoms with Crippen LogP contribution in [-0.4, -0.2) is 114 Å². The monoisotopic (exact) mass is 886 g/mol. The fourth-order valence-corrected chi connectivity index (χ4v) is 9.87. The normalized spacial score (nSPS) is 19.3. The Balaban J connectivity index is 1.47. The molecule has 2 N–H and O–H groups in total. The first-order valence-corrected chi connectivity index (χ1v) is 24.1. The van der Waals surface area contributed by atoms with Gasteiger partial charge in [0, 0.05) is 53.2 Å². The van der Waals surface area contributed by atoms with Crippen molar-refractivity contribution < 1.29 is 44.2 Å². The molecule has 3 aromatic carbocycles. The molecule has 0 amide bonds. The lowest BCUT2D eigenvalue weighted by molar-refractivity contribution is -0.871. The molecule has 0 saturated carbocycles. The molecule has 3 aromatic rings. The van der Waals surface area contributed by atoms with E-state index in [1.165, 1.54) is 24.3 Å². The fourth-order valence-electron chi connectivity index (χ4n) is 8.87. The molecule has 0 radical (unpaired) electrons. The van der Waals surface area contributed by atoms with E-state index in [9.17, 15) is 25.9 Å². The Labute approximate surface area is 369 Å². The maximum atomic E-state index is 12.2. The molecule has 2 heterocycles. The van der Waals surface area contributed by atoms with E-state index in [0.29, 0.717) is 24.5 Å². The van der Waals surface area contributed by atoms with Gasteiger partial charge in [-0.2, -0.15) is 4.58 Å². The maximum Gasteiger partial charge on any atom is 0.209 e. The highest BCUT2D eigenvalue weighted by molar-refractivity contribution is 7.86. The number of nitrogens with zero attached hydrogens (tertiary/aromatic N) is 4. The van der Waals surface area contributed by atoms with Gasteiger partial charge in [-0.1, -0.05) is 19.9 Å². The molecule has 0 atom stereocenters. The number of benzene rings is 3. The SMILES string of the molecule is CC1(C)C(/C=C/C2=C(Oc3ccc(N)cc3)C(=C/C=C3/N(CCC[N+](C)(C)C)c4ccc(S(=O)(=O)[O-])cc4C3(C)C)/CCC2)=[N+](CCC[N+](C)(C)C)c2ccc(S(=O)(=O)[O-])cc21. The van der Waals surface area contributed by atoms with Crippen molar-refractivity contribution >= 4 is 43.0 Å². The van der Waals surface area contributed by atoms with E-state index in [2.05, 4.69) is 104 Å². The Hall–Kier alpha value is -4.57. The standard InChI is InChI=1S/C48H64N5O7S2/c1-47(2)40-32-38(61(54,55)56)22-24-42(40)50(28-12-30-52(5,6)7)44(47)26-16-34-14-11-15-35(46(34)60-37-20-18-36(49)19-21-37)17-27-45-48(3,4)41-33-39(62(57,58)59)23-25-43(41)51(45)29-13-31-53(8,9)10/h16-27,32-33H,11-15,28-31,49H2,1-10H3/q+1. The summed E-state index contributed by atoms with van der Waals surface area (Å²) in [5.41, 5.74) is 12.7. The van der Waals surface area contributed by atoms with Crippen molar-refractivity contribution in [3.8, 4) is 5.75 Å². The number of anilines is 2. The minimum atomic E-state index is -4.66. The summed E-state index contributed by atoms with van der Waals surface area (Å²) in [4.78, 5) is 1.77. The van der Waals surface area contributed by atoms with Gasteiger partial charge in [0.1, 0.15) is 31.7 Å². The number of quaternary nitrogens is 2. The van der Waals surface area contributed by atoms with Crippen molar-refractivity contribution in [1.29, 1.82) is 0 Å². The van der Waals surface area contributed by atoms with Gasteiger partial charge < -0.3 is 33.4 Å². The van der Waals surface area contributed by atoms with E-state index >= 15 is 0 Å². The number of fused-ring (bicyclic) bond motifs is 2. The molecule has 12 nitrogen and oxygen atoms in total. The third kappa shape index (κ3) is 10.4. The molecule has 0 bridgehead atoms. The Kier molecular flexibility index (Phi) is 13.0. The first-order chi connectivity index (χ1) is 28.7. The van der Waals surface area contributed by atoms with Gasteiger partial charge in [-0.3, -0.25) is 0 Å². The zero-order valence-corrected chi connectivity index (χ0v) is 39.6. The topological polar surface area (TPSA) is 156 Å². The molecular weight excluding hydrogens is 823 g/mol. The smallest absolute Gasteiger partial charge is 0.209 e. The summed E-state index contributed by atoms with van der Waals surface area (Å²) in [6.07, 6.45) is 12.6. The van der Waals surface area contributed by atoms with Crippen LogP contribution in [0.5, 0.6) is 5.75 Å². The highest BCUT2D eigenvalue weighted by atomic mass is 32.2. The van der Waals surface area contributed by atoms with Crippen molar-refractivity contribution in [2.24, 2.45) is 0 Å². The highest BCUT2D eigenvalue weighted by Crippen LogP contribution is 2.49. The van der Waals surface area contributed by atoms with E-state index in [4.69, 9.17) is 10.5 Å². The molecule has 0 aromatic heterocycles. The van der Waals surface area contributed by atoms with Gasteiger partial charge in [-0.05, 0) is 117 Å². The van der Waals surface area contributed by atoms with Crippen LogP contribution in [0.2, 0.25) is 0 Å². The molecule has 14 heteroatoms. The Morgan fingerprint density at radius 1 is 0.758 bits per heavy atom. The van der Waals surface area contributed by atoms with Crippen LogP contribution in [0.3, 0.4) is 0 Å². The predicted octanol–water partition coefficient (Wildman–Crippen LogP) is 7.33. The number of ether oxygens (including phenoxy) is 1. The average molecular weight is 887 g/mol. The van der Waals surface area contributed by atoms with Crippen molar-refractivity contribution in [2.45, 2.75) is 80.4 Å². The Morgan fingerprint density at radius 2 is 1.35 bits per heavy atom. The zero-order chi connectivity index (χ0) is 45.6. The summed E-state index contributed by atoms with van der Waals surface area (Å²) < 4.78 is 83.7. The van der Waals surface area contributed by atoms with Crippen LogP contribution in [0.25, 0.3) is 0 Å². The van der Waals surface area contributed by atoms with Gasteiger partial charge >= 0.3 is 0 Å². The van der Waals surface area contributed by atoms with E-state index in [1.807, 2.05) is 12.1 Å². The second kappa shape index (κ2) is 17.2. The molecule has 62 heavy (non-hydrogen) atoms. The van der Waals surface area contributed by atoms with Gasteiger partial charge in [0.05, 0.1) is 77.0 Å². The Bertz CT molecular complexity index is 2610. The van der Waals surface area contributed by atoms with Gasteiger partial charge in [-0.15, -0.1) is 0 Å². The fraction of sp³-hybridized carbons (Fsp3) is 0.438. The number of nitrogen functional groups attached to an aromatic ring is 1. The van der Waals surface area contributed by atoms with Crippen molar-refractivity contribution in [1.82, 2.24) is 0 Å². The number of allylic oxidation sites excluding steroid dienone is 7. The van der Waals surface area contributed by atoms with Crippen LogP contribution in [0, 0.1) is 0 Å². The van der Waals surface area contributed by atoms with Crippen molar-refractivity contribution in [2.75, 3.05) is 79.1 Å². The van der Waals surface area contributed by atoms with Gasteiger partial charge in [0.15, 0.2) is 12.3 Å². The van der Waals surface area contributed by atoms with E-state index in [-0.39, 0.29) is 9.79 Å². The molecule has 0 saturated heterocycles. The molecule has 3 aliphatic rings. The van der Waals surface area contributed by atoms with Crippen LogP contribution in [0.1, 0.15) is 70.9 Å². The number of nitrogens with two attached hydrogens (primary N) is 1. The second-order valence-electron chi connectivity index (χ2n) is 19.9. The molecule has 0 fully saturated rings. The van der Waals surface area contributed by atoms with E-state index in [0.717, 1.165) is 105 Å². The number of hydrogen-bond acceptors (Lipinski definition) is 9. The second-order valence-corrected chi connectivity index (χ2v) is 22.7. The summed E-state index contributed by atoms with van der Waals surface area (Å²) in [6, 6.07) is 16.7. The largest absolute Gasteiger partial charge is 0.744 e. The van der Waals surface area contributed by atoms with Crippen LogP contribution < -0.4 is 15.4 Å². The minimum Gasteiger partial charge on any atom is -0.744 e. The van der Waals surface area contributed by atoms with Crippen LogP contribution in [0.4, 0.5) is 17.1 Å². The maximum absolute atomic E-state index is 12.2. The Morgan fingerprint density at radius 3 is 1.97 bits per heavy atom. The van der Waals surface area contributed by atoms with Crippen LogP contribution in [0.15, 0.2) is 117 Å². The summed E-state index contributed by atoms with van der Waals surface area (Å²) in [6.45, 7) is 11.5. The predicted molar refractivity (Wildman–Crippen MR) is 245 cm³/mol.